The molecular formula is C12H22N6O. The van der Waals surface area contributed by atoms with Gasteiger partial charge < -0.3 is 15.6 Å². The number of hydrogen-bond donors (Lipinski definition) is 3. The van der Waals surface area contributed by atoms with Gasteiger partial charge in [-0.15, -0.1) is 0 Å². The maximum absolute atomic E-state index is 11.9. The van der Waals surface area contributed by atoms with E-state index in [-0.39, 0.29) is 17.0 Å². The first kappa shape index (κ1) is 15.3. The van der Waals surface area contributed by atoms with Crippen molar-refractivity contribution in [1.82, 2.24) is 20.2 Å². The van der Waals surface area contributed by atoms with Crippen molar-refractivity contribution in [2.45, 2.75) is 13.8 Å². The van der Waals surface area contributed by atoms with Crippen LogP contribution in [-0.4, -0.2) is 48.0 Å². The van der Waals surface area contributed by atoms with Crippen LogP contribution in [0.1, 0.15) is 24.3 Å². The first-order chi connectivity index (χ1) is 8.84. The van der Waals surface area contributed by atoms with Crippen molar-refractivity contribution in [2.75, 3.05) is 32.6 Å². The molecule has 1 heterocycles. The van der Waals surface area contributed by atoms with E-state index in [0.717, 1.165) is 6.54 Å². The number of anilines is 1. The number of amides is 1. The monoisotopic (exact) mass is 266 g/mol. The minimum absolute atomic E-state index is 0.0175. The summed E-state index contributed by atoms with van der Waals surface area (Å²) in [6, 6.07) is 0. The van der Waals surface area contributed by atoms with Crippen molar-refractivity contribution >= 4 is 11.7 Å². The van der Waals surface area contributed by atoms with Crippen molar-refractivity contribution in [1.29, 1.82) is 0 Å². The molecule has 0 atom stereocenters. The van der Waals surface area contributed by atoms with Gasteiger partial charge in [0.05, 0.1) is 12.4 Å². The average Bonchev–Trinajstić information content (AvgIpc) is 2.34. The lowest BCUT2D eigenvalue weighted by molar-refractivity contribution is 0.0924. The summed E-state index contributed by atoms with van der Waals surface area (Å²) in [4.78, 5) is 22.0. The highest BCUT2D eigenvalue weighted by molar-refractivity contribution is 5.92. The Morgan fingerprint density at radius 3 is 2.68 bits per heavy atom. The van der Waals surface area contributed by atoms with Crippen molar-refractivity contribution in [2.24, 2.45) is 11.3 Å². The first-order valence-corrected chi connectivity index (χ1v) is 6.06. The molecule has 0 aliphatic heterocycles. The molecule has 1 rings (SSSR count). The predicted molar refractivity (Wildman–Crippen MR) is 74.5 cm³/mol. The van der Waals surface area contributed by atoms with E-state index >= 15 is 0 Å². The molecule has 1 aromatic rings. The van der Waals surface area contributed by atoms with Crippen molar-refractivity contribution in [3.8, 4) is 0 Å². The molecule has 106 valence electrons. The molecule has 0 spiro atoms. The Morgan fingerprint density at radius 2 is 2.11 bits per heavy atom. The van der Waals surface area contributed by atoms with Crippen LogP contribution in [0.5, 0.6) is 0 Å². The van der Waals surface area contributed by atoms with Gasteiger partial charge in [0.2, 0.25) is 0 Å². The van der Waals surface area contributed by atoms with E-state index in [9.17, 15) is 4.79 Å². The summed E-state index contributed by atoms with van der Waals surface area (Å²) in [6.07, 6.45) is 2.86. The van der Waals surface area contributed by atoms with Gasteiger partial charge in [0.1, 0.15) is 5.69 Å². The molecule has 0 aliphatic rings. The standard InChI is InChI=1S/C12H22N6O/c1-12(2,8-18(3)4)7-15-11(19)9-5-14-6-10(16-9)17-13/h5-6H,7-8,13H2,1-4H3,(H,15,19)(H,16,17). The van der Waals surface area contributed by atoms with E-state index in [0.29, 0.717) is 12.4 Å². The van der Waals surface area contributed by atoms with Crippen LogP contribution in [0.3, 0.4) is 0 Å². The summed E-state index contributed by atoms with van der Waals surface area (Å²) < 4.78 is 0. The van der Waals surface area contributed by atoms with Gasteiger partial charge in [0.25, 0.3) is 5.91 Å². The van der Waals surface area contributed by atoms with E-state index in [1.54, 1.807) is 0 Å². The summed E-state index contributed by atoms with van der Waals surface area (Å²) in [7, 11) is 4.01. The van der Waals surface area contributed by atoms with E-state index in [2.05, 4.69) is 39.5 Å². The number of carbonyl (C=O) groups is 1. The van der Waals surface area contributed by atoms with Crippen LogP contribution in [0.25, 0.3) is 0 Å². The predicted octanol–water partition coefficient (Wildman–Crippen LogP) is 0.0798. The Kier molecular flexibility index (Phi) is 5.20. The molecule has 0 aliphatic carbocycles. The van der Waals surface area contributed by atoms with Gasteiger partial charge in [-0.05, 0) is 19.5 Å². The van der Waals surface area contributed by atoms with Crippen molar-refractivity contribution < 1.29 is 4.79 Å². The van der Waals surface area contributed by atoms with Crippen LogP contribution in [0.2, 0.25) is 0 Å². The van der Waals surface area contributed by atoms with Gasteiger partial charge >= 0.3 is 0 Å². The molecule has 0 saturated heterocycles. The SMILES string of the molecule is CN(C)CC(C)(C)CNC(=O)c1cncc(NN)n1. The van der Waals surface area contributed by atoms with Gasteiger partial charge in [-0.1, -0.05) is 13.8 Å². The fraction of sp³-hybridized carbons (Fsp3) is 0.583. The number of nitrogens with two attached hydrogens (primary N) is 1. The fourth-order valence-corrected chi connectivity index (χ4v) is 1.87. The van der Waals surface area contributed by atoms with Crippen LogP contribution in [0.4, 0.5) is 5.82 Å². The molecule has 7 heteroatoms. The maximum atomic E-state index is 11.9. The normalized spacial score (nSPS) is 11.5. The molecule has 7 nitrogen and oxygen atoms in total. The number of rotatable bonds is 6. The second-order valence-corrected chi connectivity index (χ2v) is 5.52. The highest BCUT2D eigenvalue weighted by Gasteiger charge is 2.20. The van der Waals surface area contributed by atoms with Crippen LogP contribution >= 0.6 is 0 Å². The molecule has 0 unspecified atom stereocenters. The first-order valence-electron chi connectivity index (χ1n) is 6.06. The van der Waals surface area contributed by atoms with Crippen LogP contribution in [-0.2, 0) is 0 Å². The topological polar surface area (TPSA) is 96.2 Å². The van der Waals surface area contributed by atoms with E-state index in [1.807, 2.05) is 14.1 Å². The summed E-state index contributed by atoms with van der Waals surface area (Å²) in [5, 5.41) is 2.86. The summed E-state index contributed by atoms with van der Waals surface area (Å²) >= 11 is 0. The van der Waals surface area contributed by atoms with E-state index in [1.165, 1.54) is 12.4 Å². The third kappa shape index (κ3) is 5.19. The molecule has 0 aromatic carbocycles. The van der Waals surface area contributed by atoms with Crippen molar-refractivity contribution in [3.05, 3.63) is 18.1 Å². The van der Waals surface area contributed by atoms with Crippen LogP contribution in [0, 0.1) is 5.41 Å². The van der Waals surface area contributed by atoms with Gasteiger partial charge in [0, 0.05) is 13.1 Å². The van der Waals surface area contributed by atoms with E-state index in [4.69, 9.17) is 5.84 Å². The number of nitrogens with one attached hydrogen (secondary N) is 2. The zero-order chi connectivity index (χ0) is 14.5. The minimum atomic E-state index is -0.253. The highest BCUT2D eigenvalue weighted by atomic mass is 16.1. The Morgan fingerprint density at radius 1 is 1.42 bits per heavy atom. The Bertz CT molecular complexity index is 432. The van der Waals surface area contributed by atoms with Crippen molar-refractivity contribution in [3.63, 3.8) is 0 Å². The number of carbonyl (C=O) groups excluding carboxylic acids is 1. The molecule has 1 aromatic heterocycles. The Labute approximate surface area is 113 Å². The molecule has 0 saturated carbocycles. The third-order valence-electron chi connectivity index (χ3n) is 2.49. The van der Waals surface area contributed by atoms with Crippen LogP contribution < -0.4 is 16.6 Å². The molecule has 0 radical (unpaired) electrons. The number of hydrazine groups is 1. The van der Waals surface area contributed by atoms with Gasteiger partial charge in [-0.2, -0.15) is 0 Å². The molecule has 0 fully saturated rings. The number of nitrogens with zero attached hydrogens (tertiary/aromatic N) is 3. The molecule has 19 heavy (non-hydrogen) atoms. The highest BCUT2D eigenvalue weighted by Crippen LogP contribution is 2.14. The molecular weight excluding hydrogens is 244 g/mol. The second-order valence-electron chi connectivity index (χ2n) is 5.52. The summed E-state index contributed by atoms with van der Waals surface area (Å²) in [5.74, 6) is 5.34. The lowest BCUT2D eigenvalue weighted by Crippen LogP contribution is -2.40. The lowest BCUT2D eigenvalue weighted by Gasteiger charge is -2.28. The largest absolute Gasteiger partial charge is 0.350 e. The molecule has 1 amide bonds. The maximum Gasteiger partial charge on any atom is 0.271 e. The smallest absolute Gasteiger partial charge is 0.271 e. The minimum Gasteiger partial charge on any atom is -0.350 e. The molecule has 0 bridgehead atoms. The average molecular weight is 266 g/mol. The number of aromatic nitrogens is 2. The number of hydrogen-bond acceptors (Lipinski definition) is 6. The lowest BCUT2D eigenvalue weighted by atomic mass is 9.93. The Balaban J connectivity index is 2.60. The summed E-state index contributed by atoms with van der Waals surface area (Å²) in [5.41, 5.74) is 2.59. The quantitative estimate of drug-likeness (QED) is 0.498. The zero-order valence-electron chi connectivity index (χ0n) is 11.9. The number of nitrogen functional groups attached to an aromatic ring is 1. The van der Waals surface area contributed by atoms with Gasteiger partial charge in [-0.25, -0.2) is 10.8 Å². The van der Waals surface area contributed by atoms with E-state index < -0.39 is 0 Å². The Hall–Kier alpha value is -1.73. The summed E-state index contributed by atoms with van der Waals surface area (Å²) in [6.45, 7) is 5.63. The molecule has 4 N–H and O–H groups in total. The zero-order valence-corrected chi connectivity index (χ0v) is 11.9. The second kappa shape index (κ2) is 6.44. The fourth-order valence-electron chi connectivity index (χ4n) is 1.87. The third-order valence-corrected chi connectivity index (χ3v) is 2.49. The van der Waals surface area contributed by atoms with Gasteiger partial charge in [0.15, 0.2) is 5.82 Å². The van der Waals surface area contributed by atoms with Crippen LogP contribution in [0.15, 0.2) is 12.4 Å². The van der Waals surface area contributed by atoms with Gasteiger partial charge in [-0.3, -0.25) is 9.78 Å².